The summed E-state index contributed by atoms with van der Waals surface area (Å²) in [7, 11) is 0. The Labute approximate surface area is 185 Å². The minimum atomic E-state index is -0.0453. The Hall–Kier alpha value is -2.33. The number of ether oxygens (including phenoxy) is 1. The zero-order valence-electron chi connectivity index (χ0n) is 18.2. The van der Waals surface area contributed by atoms with Gasteiger partial charge in [0.05, 0.1) is 13.2 Å². The van der Waals surface area contributed by atoms with Gasteiger partial charge in [0.2, 0.25) is 0 Å². The predicted octanol–water partition coefficient (Wildman–Crippen LogP) is 5.24. The van der Waals surface area contributed by atoms with E-state index in [0.717, 1.165) is 55.4 Å². The van der Waals surface area contributed by atoms with Gasteiger partial charge in [-0.05, 0) is 104 Å². The average Bonchev–Trinajstić information content (AvgIpc) is 2.79. The van der Waals surface area contributed by atoms with Crippen LogP contribution in [-0.2, 0) is 10.2 Å². The highest BCUT2D eigenvalue weighted by atomic mass is 16.5. The van der Waals surface area contributed by atoms with Crippen LogP contribution in [0.3, 0.4) is 0 Å². The molecule has 0 atom stereocenters. The molecule has 1 aliphatic heterocycles. The summed E-state index contributed by atoms with van der Waals surface area (Å²) in [5.41, 5.74) is 4.64. The van der Waals surface area contributed by atoms with Gasteiger partial charge < -0.3 is 15.0 Å². The quantitative estimate of drug-likeness (QED) is 0.741. The lowest BCUT2D eigenvalue weighted by molar-refractivity contribution is -0.00518. The number of nitrogens with one attached hydrogen (secondary N) is 1. The second kappa shape index (κ2) is 7.67. The molecule has 162 valence electrons. The molecule has 1 N–H and O–H groups in total. The molecule has 31 heavy (non-hydrogen) atoms. The molecule has 1 amide bonds. The number of hydrogen-bond donors (Lipinski definition) is 1. The molecule has 4 saturated carbocycles. The maximum absolute atomic E-state index is 12.8. The molecule has 2 aromatic rings. The predicted molar refractivity (Wildman–Crippen MR) is 124 cm³/mol. The number of rotatable bonds is 4. The molecule has 2 aromatic carbocycles. The van der Waals surface area contributed by atoms with Gasteiger partial charge in [0.25, 0.3) is 5.91 Å². The maximum Gasteiger partial charge on any atom is 0.255 e. The monoisotopic (exact) mass is 416 g/mol. The molecule has 5 fully saturated rings. The molecule has 0 aromatic heterocycles. The van der Waals surface area contributed by atoms with Gasteiger partial charge in [0.1, 0.15) is 0 Å². The lowest BCUT2D eigenvalue weighted by Crippen LogP contribution is -2.48. The van der Waals surface area contributed by atoms with Gasteiger partial charge in [-0.1, -0.05) is 12.1 Å². The second-order valence-corrected chi connectivity index (χ2v) is 10.4. The van der Waals surface area contributed by atoms with E-state index in [1.54, 1.807) is 0 Å². The Morgan fingerprint density at radius 1 is 0.839 bits per heavy atom. The van der Waals surface area contributed by atoms with Crippen LogP contribution in [0.1, 0.15) is 54.4 Å². The summed E-state index contributed by atoms with van der Waals surface area (Å²) in [4.78, 5) is 15.1. The lowest BCUT2D eigenvalue weighted by atomic mass is 9.48. The third-order valence-corrected chi connectivity index (χ3v) is 8.30. The normalized spacial score (nSPS) is 31.6. The van der Waals surface area contributed by atoms with E-state index < -0.39 is 0 Å². The summed E-state index contributed by atoms with van der Waals surface area (Å²) in [6.45, 7) is 3.34. The van der Waals surface area contributed by atoms with Crippen LogP contribution in [0.25, 0.3) is 0 Å². The first kappa shape index (κ1) is 19.4. The standard InChI is InChI=1S/C27H32N2O2/c30-26(22-1-7-25(8-2-22)29-9-11-31-12-10-29)28-24-5-3-23(4-6-24)27-16-19-13-20(17-27)15-21(14-19)18-27/h1-8,19-21H,9-18H2,(H,28,30). The van der Waals surface area contributed by atoms with Crippen molar-refractivity contribution >= 4 is 17.3 Å². The number of carbonyl (C=O) groups is 1. The topological polar surface area (TPSA) is 41.6 Å². The summed E-state index contributed by atoms with van der Waals surface area (Å²) in [6, 6.07) is 16.7. The van der Waals surface area contributed by atoms with Crippen molar-refractivity contribution in [3.63, 3.8) is 0 Å². The Morgan fingerprint density at radius 2 is 1.42 bits per heavy atom. The molecular weight excluding hydrogens is 384 g/mol. The van der Waals surface area contributed by atoms with Crippen molar-refractivity contribution in [2.75, 3.05) is 36.5 Å². The first-order chi connectivity index (χ1) is 15.2. The summed E-state index contributed by atoms with van der Waals surface area (Å²) >= 11 is 0. The minimum Gasteiger partial charge on any atom is -0.378 e. The van der Waals surface area contributed by atoms with E-state index in [-0.39, 0.29) is 5.91 Å². The number of morpholine rings is 1. The van der Waals surface area contributed by atoms with E-state index >= 15 is 0 Å². The third-order valence-electron chi connectivity index (χ3n) is 8.30. The lowest BCUT2D eigenvalue weighted by Gasteiger charge is -2.57. The van der Waals surface area contributed by atoms with Crippen LogP contribution in [0.2, 0.25) is 0 Å². The smallest absolute Gasteiger partial charge is 0.255 e. The number of carbonyl (C=O) groups excluding carboxylic acids is 1. The minimum absolute atomic E-state index is 0.0453. The average molecular weight is 417 g/mol. The molecule has 0 spiro atoms. The van der Waals surface area contributed by atoms with Crippen molar-refractivity contribution in [2.24, 2.45) is 17.8 Å². The fraction of sp³-hybridized carbons (Fsp3) is 0.519. The first-order valence-electron chi connectivity index (χ1n) is 12.0. The molecule has 4 bridgehead atoms. The summed E-state index contributed by atoms with van der Waals surface area (Å²) in [5, 5.41) is 3.09. The molecule has 5 aliphatic rings. The van der Waals surface area contributed by atoms with Crippen molar-refractivity contribution in [1.29, 1.82) is 0 Å². The van der Waals surface area contributed by atoms with Crippen LogP contribution in [0.15, 0.2) is 48.5 Å². The van der Waals surface area contributed by atoms with Gasteiger partial charge in [-0.25, -0.2) is 0 Å². The number of nitrogens with zero attached hydrogens (tertiary/aromatic N) is 1. The van der Waals surface area contributed by atoms with Crippen molar-refractivity contribution < 1.29 is 9.53 Å². The first-order valence-corrected chi connectivity index (χ1v) is 12.0. The van der Waals surface area contributed by atoms with Crippen LogP contribution < -0.4 is 10.2 Å². The Balaban J connectivity index is 1.13. The SMILES string of the molecule is O=C(Nc1ccc(C23CC4CC(CC(C4)C2)C3)cc1)c1ccc(N2CCOCC2)cc1. The molecule has 1 heterocycles. The van der Waals surface area contributed by atoms with Gasteiger partial charge in [0.15, 0.2) is 0 Å². The molecule has 4 aliphatic carbocycles. The molecule has 4 heteroatoms. The number of hydrogen-bond acceptors (Lipinski definition) is 3. The molecule has 0 radical (unpaired) electrons. The van der Waals surface area contributed by atoms with E-state index in [1.807, 2.05) is 24.3 Å². The fourth-order valence-corrected chi connectivity index (χ4v) is 7.22. The highest BCUT2D eigenvalue weighted by molar-refractivity contribution is 6.04. The van der Waals surface area contributed by atoms with Crippen LogP contribution >= 0.6 is 0 Å². The number of benzene rings is 2. The van der Waals surface area contributed by atoms with Crippen LogP contribution in [0.5, 0.6) is 0 Å². The van der Waals surface area contributed by atoms with E-state index in [4.69, 9.17) is 4.74 Å². The molecule has 0 unspecified atom stereocenters. The van der Waals surface area contributed by atoms with E-state index in [0.29, 0.717) is 11.0 Å². The van der Waals surface area contributed by atoms with Crippen molar-refractivity contribution in [1.82, 2.24) is 0 Å². The van der Waals surface area contributed by atoms with Gasteiger partial charge in [-0.3, -0.25) is 4.79 Å². The van der Waals surface area contributed by atoms with Gasteiger partial charge in [-0.15, -0.1) is 0 Å². The molecule has 7 rings (SSSR count). The number of amides is 1. The van der Waals surface area contributed by atoms with Crippen molar-refractivity contribution in [3.8, 4) is 0 Å². The van der Waals surface area contributed by atoms with Crippen molar-refractivity contribution in [2.45, 2.75) is 43.9 Å². The molecular formula is C27H32N2O2. The highest BCUT2D eigenvalue weighted by Crippen LogP contribution is 2.60. The Bertz CT molecular complexity index is 909. The van der Waals surface area contributed by atoms with Gasteiger partial charge >= 0.3 is 0 Å². The zero-order valence-corrected chi connectivity index (χ0v) is 18.2. The van der Waals surface area contributed by atoms with Crippen LogP contribution in [-0.4, -0.2) is 32.2 Å². The fourth-order valence-electron chi connectivity index (χ4n) is 7.22. The maximum atomic E-state index is 12.8. The number of anilines is 2. The van der Waals surface area contributed by atoms with Crippen LogP contribution in [0.4, 0.5) is 11.4 Å². The second-order valence-electron chi connectivity index (χ2n) is 10.4. The molecule has 1 saturated heterocycles. The Kier molecular flexibility index (Phi) is 4.79. The summed E-state index contributed by atoms with van der Waals surface area (Å²) in [6.07, 6.45) is 8.54. The van der Waals surface area contributed by atoms with E-state index in [2.05, 4.69) is 34.5 Å². The summed E-state index contributed by atoms with van der Waals surface area (Å²) in [5.74, 6) is 2.80. The van der Waals surface area contributed by atoms with Gasteiger partial charge in [0, 0.05) is 30.0 Å². The van der Waals surface area contributed by atoms with Gasteiger partial charge in [-0.2, -0.15) is 0 Å². The van der Waals surface area contributed by atoms with Crippen LogP contribution in [0, 0.1) is 17.8 Å². The van der Waals surface area contributed by atoms with E-state index in [1.165, 1.54) is 44.1 Å². The zero-order chi connectivity index (χ0) is 20.8. The van der Waals surface area contributed by atoms with Crippen molar-refractivity contribution in [3.05, 3.63) is 59.7 Å². The third kappa shape index (κ3) is 3.65. The molecule has 4 nitrogen and oxygen atoms in total. The summed E-state index contributed by atoms with van der Waals surface area (Å²) < 4.78 is 5.42. The van der Waals surface area contributed by atoms with E-state index in [9.17, 15) is 4.79 Å². The Morgan fingerprint density at radius 3 is 2.00 bits per heavy atom. The largest absolute Gasteiger partial charge is 0.378 e. The highest BCUT2D eigenvalue weighted by Gasteiger charge is 2.51.